The number of anilines is 1. The van der Waals surface area contributed by atoms with Gasteiger partial charge in [0, 0.05) is 28.4 Å². The van der Waals surface area contributed by atoms with Crippen molar-refractivity contribution in [2.24, 2.45) is 0 Å². The molecule has 1 amide bonds. The SMILES string of the molecule is COc1ccc(/C=C/C(=O)Nc2ccc(Cl)cc2C)c(OC)c1. The quantitative estimate of drug-likeness (QED) is 0.830. The Morgan fingerprint density at radius 1 is 1.13 bits per heavy atom. The van der Waals surface area contributed by atoms with Crippen molar-refractivity contribution in [1.82, 2.24) is 0 Å². The first kappa shape index (κ1) is 16.9. The molecule has 0 saturated carbocycles. The summed E-state index contributed by atoms with van der Waals surface area (Å²) in [5.74, 6) is 1.10. The van der Waals surface area contributed by atoms with Gasteiger partial charge in [-0.15, -0.1) is 0 Å². The normalized spacial score (nSPS) is 10.6. The second-order valence-corrected chi connectivity index (χ2v) is 5.33. The summed E-state index contributed by atoms with van der Waals surface area (Å²) in [6.07, 6.45) is 3.15. The number of hydrogen-bond acceptors (Lipinski definition) is 3. The molecule has 23 heavy (non-hydrogen) atoms. The van der Waals surface area contributed by atoms with E-state index in [0.29, 0.717) is 16.5 Å². The molecule has 0 spiro atoms. The van der Waals surface area contributed by atoms with Crippen molar-refractivity contribution in [3.63, 3.8) is 0 Å². The summed E-state index contributed by atoms with van der Waals surface area (Å²) >= 11 is 5.90. The third-order valence-corrected chi connectivity index (χ3v) is 3.54. The van der Waals surface area contributed by atoms with E-state index >= 15 is 0 Å². The van der Waals surface area contributed by atoms with Crippen LogP contribution in [0.2, 0.25) is 5.02 Å². The van der Waals surface area contributed by atoms with Crippen LogP contribution < -0.4 is 14.8 Å². The van der Waals surface area contributed by atoms with Crippen LogP contribution in [0.5, 0.6) is 11.5 Å². The third-order valence-electron chi connectivity index (χ3n) is 3.30. The van der Waals surface area contributed by atoms with Crippen LogP contribution in [0.4, 0.5) is 5.69 Å². The molecule has 0 radical (unpaired) electrons. The number of benzene rings is 2. The number of rotatable bonds is 5. The summed E-state index contributed by atoms with van der Waals surface area (Å²) in [5, 5.41) is 3.46. The van der Waals surface area contributed by atoms with Crippen molar-refractivity contribution in [3.05, 3.63) is 58.6 Å². The average Bonchev–Trinajstić information content (AvgIpc) is 2.55. The van der Waals surface area contributed by atoms with Crippen LogP contribution in [0, 0.1) is 6.92 Å². The van der Waals surface area contributed by atoms with Gasteiger partial charge in [0.2, 0.25) is 5.91 Å². The standard InChI is InChI=1S/C18H18ClNO3/c1-12-10-14(19)6-8-16(12)20-18(21)9-5-13-4-7-15(22-2)11-17(13)23-3/h4-11H,1-3H3,(H,20,21)/b9-5+. The van der Waals surface area contributed by atoms with Gasteiger partial charge in [0.15, 0.2) is 0 Å². The van der Waals surface area contributed by atoms with Crippen LogP contribution in [-0.2, 0) is 4.79 Å². The molecule has 0 saturated heterocycles. The van der Waals surface area contributed by atoms with Crippen molar-refractivity contribution in [3.8, 4) is 11.5 Å². The number of halogens is 1. The fourth-order valence-electron chi connectivity index (χ4n) is 2.06. The maximum absolute atomic E-state index is 12.0. The molecule has 4 nitrogen and oxygen atoms in total. The molecule has 5 heteroatoms. The Balaban J connectivity index is 2.12. The summed E-state index contributed by atoms with van der Waals surface area (Å²) in [4.78, 5) is 12.0. The van der Waals surface area contributed by atoms with Gasteiger partial charge in [0.05, 0.1) is 14.2 Å². The van der Waals surface area contributed by atoms with Gasteiger partial charge < -0.3 is 14.8 Å². The van der Waals surface area contributed by atoms with E-state index in [1.54, 1.807) is 44.6 Å². The predicted molar refractivity (Wildman–Crippen MR) is 93.4 cm³/mol. The summed E-state index contributed by atoms with van der Waals surface area (Å²) in [6.45, 7) is 1.89. The Bertz CT molecular complexity index is 741. The van der Waals surface area contributed by atoms with Crippen LogP contribution in [-0.4, -0.2) is 20.1 Å². The Morgan fingerprint density at radius 2 is 1.91 bits per heavy atom. The minimum absolute atomic E-state index is 0.228. The van der Waals surface area contributed by atoms with E-state index < -0.39 is 0 Å². The number of carbonyl (C=O) groups is 1. The molecule has 2 aromatic rings. The molecule has 0 atom stereocenters. The molecule has 120 valence electrons. The van der Waals surface area contributed by atoms with Gasteiger partial charge in [-0.25, -0.2) is 0 Å². The molecule has 0 heterocycles. The van der Waals surface area contributed by atoms with Crippen molar-refractivity contribution >= 4 is 29.3 Å². The highest BCUT2D eigenvalue weighted by molar-refractivity contribution is 6.30. The lowest BCUT2D eigenvalue weighted by Gasteiger charge is -2.08. The number of aryl methyl sites for hydroxylation is 1. The van der Waals surface area contributed by atoms with Gasteiger partial charge in [-0.2, -0.15) is 0 Å². The summed E-state index contributed by atoms with van der Waals surface area (Å²) in [7, 11) is 3.16. The Morgan fingerprint density at radius 3 is 2.57 bits per heavy atom. The predicted octanol–water partition coefficient (Wildman–Crippen LogP) is 4.32. The maximum Gasteiger partial charge on any atom is 0.248 e. The fraction of sp³-hybridized carbons (Fsp3) is 0.167. The second-order valence-electron chi connectivity index (χ2n) is 4.89. The number of nitrogens with one attached hydrogen (secondary N) is 1. The second kappa shape index (κ2) is 7.70. The highest BCUT2D eigenvalue weighted by Gasteiger charge is 2.05. The third kappa shape index (κ3) is 4.50. The highest BCUT2D eigenvalue weighted by atomic mass is 35.5. The molecule has 0 aliphatic carbocycles. The number of hydrogen-bond donors (Lipinski definition) is 1. The molecule has 0 aliphatic heterocycles. The van der Waals surface area contributed by atoms with Gasteiger partial charge in [-0.05, 0) is 48.9 Å². The van der Waals surface area contributed by atoms with Gasteiger partial charge >= 0.3 is 0 Å². The lowest BCUT2D eigenvalue weighted by Crippen LogP contribution is -2.08. The summed E-state index contributed by atoms with van der Waals surface area (Å²) in [5.41, 5.74) is 2.42. The van der Waals surface area contributed by atoms with E-state index in [9.17, 15) is 4.79 Å². The minimum atomic E-state index is -0.228. The van der Waals surface area contributed by atoms with E-state index in [-0.39, 0.29) is 5.91 Å². The van der Waals surface area contributed by atoms with E-state index in [0.717, 1.165) is 16.8 Å². The zero-order chi connectivity index (χ0) is 16.8. The smallest absolute Gasteiger partial charge is 0.248 e. The van der Waals surface area contributed by atoms with Gasteiger partial charge in [-0.1, -0.05) is 11.6 Å². The Kier molecular flexibility index (Phi) is 5.66. The van der Waals surface area contributed by atoms with Crippen molar-refractivity contribution in [1.29, 1.82) is 0 Å². The van der Waals surface area contributed by atoms with Crippen molar-refractivity contribution < 1.29 is 14.3 Å². The average molecular weight is 332 g/mol. The zero-order valence-electron chi connectivity index (χ0n) is 13.2. The molecular formula is C18H18ClNO3. The van der Waals surface area contributed by atoms with E-state index in [1.165, 1.54) is 6.08 Å². The summed E-state index contributed by atoms with van der Waals surface area (Å²) < 4.78 is 10.4. The topological polar surface area (TPSA) is 47.6 Å². The van der Waals surface area contributed by atoms with Crippen LogP contribution in [0.15, 0.2) is 42.5 Å². The minimum Gasteiger partial charge on any atom is -0.497 e. The first-order valence-corrected chi connectivity index (χ1v) is 7.38. The van der Waals surface area contributed by atoms with E-state index in [2.05, 4.69) is 5.32 Å². The van der Waals surface area contributed by atoms with E-state index in [1.807, 2.05) is 19.1 Å². The Labute approximate surface area is 140 Å². The van der Waals surface area contributed by atoms with Crippen molar-refractivity contribution in [2.45, 2.75) is 6.92 Å². The number of methoxy groups -OCH3 is 2. The van der Waals surface area contributed by atoms with Gasteiger partial charge in [-0.3, -0.25) is 4.79 Å². The summed E-state index contributed by atoms with van der Waals surface area (Å²) in [6, 6.07) is 10.7. The highest BCUT2D eigenvalue weighted by Crippen LogP contribution is 2.25. The Hall–Kier alpha value is -2.46. The van der Waals surface area contributed by atoms with Gasteiger partial charge in [0.25, 0.3) is 0 Å². The molecule has 0 aliphatic rings. The largest absolute Gasteiger partial charge is 0.497 e. The number of ether oxygens (including phenoxy) is 2. The molecular weight excluding hydrogens is 314 g/mol. The first-order chi connectivity index (χ1) is 11.0. The molecule has 2 aromatic carbocycles. The van der Waals surface area contributed by atoms with Crippen LogP contribution in [0.25, 0.3) is 6.08 Å². The molecule has 1 N–H and O–H groups in total. The lowest BCUT2D eigenvalue weighted by molar-refractivity contribution is -0.111. The lowest BCUT2D eigenvalue weighted by atomic mass is 10.1. The van der Waals surface area contributed by atoms with E-state index in [4.69, 9.17) is 21.1 Å². The molecule has 0 unspecified atom stereocenters. The monoisotopic (exact) mass is 331 g/mol. The molecule has 0 bridgehead atoms. The van der Waals surface area contributed by atoms with Crippen LogP contribution in [0.3, 0.4) is 0 Å². The molecule has 0 fully saturated rings. The fourth-order valence-corrected chi connectivity index (χ4v) is 2.29. The number of carbonyl (C=O) groups excluding carboxylic acids is 1. The number of amides is 1. The van der Waals surface area contributed by atoms with Crippen LogP contribution >= 0.6 is 11.6 Å². The van der Waals surface area contributed by atoms with Crippen LogP contribution in [0.1, 0.15) is 11.1 Å². The molecule has 2 rings (SSSR count). The van der Waals surface area contributed by atoms with Gasteiger partial charge in [0.1, 0.15) is 11.5 Å². The maximum atomic E-state index is 12.0. The van der Waals surface area contributed by atoms with Crippen molar-refractivity contribution in [2.75, 3.05) is 19.5 Å². The first-order valence-electron chi connectivity index (χ1n) is 7.00. The molecule has 0 aromatic heterocycles. The zero-order valence-corrected chi connectivity index (χ0v) is 14.0.